The van der Waals surface area contributed by atoms with Crippen molar-refractivity contribution in [2.24, 2.45) is 0 Å². The van der Waals surface area contributed by atoms with Crippen LogP contribution in [0.1, 0.15) is 20.3 Å². The van der Waals surface area contributed by atoms with Gasteiger partial charge in [0.05, 0.1) is 25.1 Å². The van der Waals surface area contributed by atoms with Crippen LogP contribution in [0.2, 0.25) is 0 Å². The van der Waals surface area contributed by atoms with Crippen molar-refractivity contribution in [1.82, 2.24) is 5.32 Å². The van der Waals surface area contributed by atoms with Crippen molar-refractivity contribution in [2.75, 3.05) is 24.3 Å². The van der Waals surface area contributed by atoms with Gasteiger partial charge in [-0.2, -0.15) is 0 Å². The third-order valence-corrected chi connectivity index (χ3v) is 5.53. The van der Waals surface area contributed by atoms with E-state index in [0.29, 0.717) is 11.5 Å². The normalized spacial score (nSPS) is 13.2. The highest BCUT2D eigenvalue weighted by Gasteiger charge is 2.33. The van der Waals surface area contributed by atoms with Gasteiger partial charge in [-0.05, 0) is 49.7 Å². The Bertz CT molecular complexity index is 950. The van der Waals surface area contributed by atoms with Crippen LogP contribution >= 0.6 is 0 Å². The number of hydrogen-bond donors (Lipinski definition) is 1. The molecular formula is C21H27FN2O5S. The number of amides is 1. The number of halogens is 1. The first-order valence-corrected chi connectivity index (χ1v) is 11.3. The molecule has 0 aliphatic carbocycles. The van der Waals surface area contributed by atoms with E-state index in [2.05, 4.69) is 5.32 Å². The fraction of sp³-hybridized carbons (Fsp3) is 0.381. The number of methoxy groups -OCH3 is 1. The van der Waals surface area contributed by atoms with Gasteiger partial charge in [-0.25, -0.2) is 12.8 Å². The molecule has 2 rings (SSSR count). The molecule has 0 fully saturated rings. The third kappa shape index (κ3) is 6.09. The van der Waals surface area contributed by atoms with Gasteiger partial charge in [0.2, 0.25) is 15.9 Å². The van der Waals surface area contributed by atoms with Crippen LogP contribution in [0, 0.1) is 5.82 Å². The number of rotatable bonds is 10. The number of ether oxygens (including phenoxy) is 2. The molecule has 2 aromatic rings. The Labute approximate surface area is 176 Å². The summed E-state index contributed by atoms with van der Waals surface area (Å²) in [5.41, 5.74) is -0.163. The van der Waals surface area contributed by atoms with Gasteiger partial charge in [0.15, 0.2) is 0 Å². The van der Waals surface area contributed by atoms with Crippen molar-refractivity contribution in [3.63, 3.8) is 0 Å². The number of carbonyl (C=O) groups is 1. The fourth-order valence-corrected chi connectivity index (χ4v) is 4.15. The van der Waals surface area contributed by atoms with Gasteiger partial charge >= 0.3 is 0 Å². The van der Waals surface area contributed by atoms with Gasteiger partial charge in [-0.1, -0.05) is 19.1 Å². The van der Waals surface area contributed by atoms with Crippen molar-refractivity contribution in [2.45, 2.75) is 32.4 Å². The molecule has 1 amide bonds. The maximum Gasteiger partial charge on any atom is 0.244 e. The molecule has 0 saturated heterocycles. The minimum absolute atomic E-state index is 0.163. The largest absolute Gasteiger partial charge is 0.497 e. The Hall–Kier alpha value is -2.81. The fourth-order valence-electron chi connectivity index (χ4n) is 2.94. The Morgan fingerprint density at radius 3 is 2.27 bits per heavy atom. The molecular weight excluding hydrogens is 411 g/mol. The van der Waals surface area contributed by atoms with Crippen molar-refractivity contribution in [3.8, 4) is 11.5 Å². The standard InChI is InChI=1S/C21H27FN2O5S/c1-5-19(24(30(4,26)27)20-9-7-6-8-18(20)22)21(25)23-15(2)14-29-17-12-10-16(28-3)11-13-17/h6-13,15,19H,5,14H2,1-4H3,(H,23,25)/t15-,19-/m1/s1. The molecule has 0 heterocycles. The first kappa shape index (κ1) is 23.5. The molecule has 30 heavy (non-hydrogen) atoms. The molecule has 0 spiro atoms. The molecule has 1 N–H and O–H groups in total. The average molecular weight is 439 g/mol. The van der Waals surface area contributed by atoms with E-state index in [9.17, 15) is 17.6 Å². The van der Waals surface area contributed by atoms with E-state index in [1.165, 1.54) is 18.2 Å². The molecule has 2 aromatic carbocycles. The lowest BCUT2D eigenvalue weighted by Crippen LogP contribution is -2.52. The average Bonchev–Trinajstić information content (AvgIpc) is 2.70. The second kappa shape index (κ2) is 10.3. The van der Waals surface area contributed by atoms with Crippen LogP contribution < -0.4 is 19.1 Å². The van der Waals surface area contributed by atoms with Crippen LogP contribution in [0.4, 0.5) is 10.1 Å². The monoisotopic (exact) mass is 438 g/mol. The molecule has 2 atom stereocenters. The predicted octanol–water partition coefficient (Wildman–Crippen LogP) is 2.96. The van der Waals surface area contributed by atoms with E-state index in [1.807, 2.05) is 0 Å². The lowest BCUT2D eigenvalue weighted by atomic mass is 10.1. The van der Waals surface area contributed by atoms with E-state index in [0.717, 1.165) is 16.6 Å². The molecule has 0 aromatic heterocycles. The molecule has 0 aliphatic rings. The van der Waals surface area contributed by atoms with Gasteiger partial charge in [0.1, 0.15) is 30.0 Å². The van der Waals surface area contributed by atoms with Gasteiger partial charge in [0, 0.05) is 0 Å². The van der Waals surface area contributed by atoms with Gasteiger partial charge in [-0.15, -0.1) is 0 Å². The second-order valence-corrected chi connectivity index (χ2v) is 8.69. The number of anilines is 1. The first-order valence-electron chi connectivity index (χ1n) is 9.48. The van der Waals surface area contributed by atoms with E-state index in [1.54, 1.807) is 45.2 Å². The lowest BCUT2D eigenvalue weighted by molar-refractivity contribution is -0.123. The Balaban J connectivity index is 2.10. The molecule has 0 aliphatic heterocycles. The zero-order valence-electron chi connectivity index (χ0n) is 17.5. The second-order valence-electron chi connectivity index (χ2n) is 6.83. The zero-order chi connectivity index (χ0) is 22.3. The number of nitrogens with one attached hydrogen (secondary N) is 1. The number of hydrogen-bond acceptors (Lipinski definition) is 5. The molecule has 0 bridgehead atoms. The summed E-state index contributed by atoms with van der Waals surface area (Å²) in [4.78, 5) is 12.8. The van der Waals surface area contributed by atoms with Gasteiger partial charge in [-0.3, -0.25) is 9.10 Å². The molecule has 7 nitrogen and oxygen atoms in total. The summed E-state index contributed by atoms with van der Waals surface area (Å²) in [7, 11) is -2.34. The van der Waals surface area contributed by atoms with E-state index >= 15 is 0 Å². The van der Waals surface area contributed by atoms with Crippen LogP contribution in [-0.2, 0) is 14.8 Å². The van der Waals surface area contributed by atoms with Crippen LogP contribution in [0.5, 0.6) is 11.5 Å². The summed E-state index contributed by atoms with van der Waals surface area (Å²) < 4.78 is 50.6. The number of benzene rings is 2. The number of para-hydroxylation sites is 1. The summed E-state index contributed by atoms with van der Waals surface area (Å²) >= 11 is 0. The topological polar surface area (TPSA) is 84.9 Å². The number of nitrogens with zero attached hydrogens (tertiary/aromatic N) is 1. The number of carbonyl (C=O) groups excluding carboxylic acids is 1. The van der Waals surface area contributed by atoms with Crippen molar-refractivity contribution in [1.29, 1.82) is 0 Å². The molecule has 0 radical (unpaired) electrons. The minimum Gasteiger partial charge on any atom is -0.497 e. The van der Waals surface area contributed by atoms with Crippen molar-refractivity contribution >= 4 is 21.6 Å². The van der Waals surface area contributed by atoms with Crippen LogP contribution in [0.25, 0.3) is 0 Å². The molecule has 164 valence electrons. The van der Waals surface area contributed by atoms with E-state index in [-0.39, 0.29) is 18.7 Å². The highest BCUT2D eigenvalue weighted by molar-refractivity contribution is 7.92. The quantitative estimate of drug-likeness (QED) is 0.617. The Morgan fingerprint density at radius 2 is 1.73 bits per heavy atom. The Morgan fingerprint density at radius 1 is 1.13 bits per heavy atom. The molecule has 0 saturated carbocycles. The van der Waals surface area contributed by atoms with Crippen molar-refractivity contribution < 1.29 is 27.1 Å². The van der Waals surface area contributed by atoms with Gasteiger partial charge in [0.25, 0.3) is 0 Å². The summed E-state index contributed by atoms with van der Waals surface area (Å²) in [5.74, 6) is 0.0543. The SMILES string of the molecule is CC[C@H](C(=O)N[C@H](C)COc1ccc(OC)cc1)N(c1ccccc1F)S(C)(=O)=O. The maximum absolute atomic E-state index is 14.3. The van der Waals surface area contributed by atoms with Crippen LogP contribution in [0.3, 0.4) is 0 Å². The maximum atomic E-state index is 14.3. The van der Waals surface area contributed by atoms with Gasteiger partial charge < -0.3 is 14.8 Å². The summed E-state index contributed by atoms with van der Waals surface area (Å²) in [5, 5.41) is 2.75. The zero-order valence-corrected chi connectivity index (χ0v) is 18.3. The van der Waals surface area contributed by atoms with Crippen molar-refractivity contribution in [3.05, 3.63) is 54.3 Å². The third-order valence-electron chi connectivity index (χ3n) is 4.37. The smallest absolute Gasteiger partial charge is 0.244 e. The predicted molar refractivity (Wildman–Crippen MR) is 114 cm³/mol. The van der Waals surface area contributed by atoms with E-state index in [4.69, 9.17) is 9.47 Å². The van der Waals surface area contributed by atoms with E-state index < -0.39 is 33.8 Å². The highest BCUT2D eigenvalue weighted by atomic mass is 32.2. The summed E-state index contributed by atoms with van der Waals surface area (Å²) in [6, 6.07) is 11.0. The molecule has 0 unspecified atom stereocenters. The highest BCUT2D eigenvalue weighted by Crippen LogP contribution is 2.25. The first-order chi connectivity index (χ1) is 14.2. The molecule has 9 heteroatoms. The minimum atomic E-state index is -3.91. The summed E-state index contributed by atoms with van der Waals surface area (Å²) in [6.45, 7) is 3.58. The Kier molecular flexibility index (Phi) is 8.05. The number of sulfonamides is 1. The van der Waals surface area contributed by atoms with Crippen LogP contribution in [-0.4, -0.2) is 46.4 Å². The summed E-state index contributed by atoms with van der Waals surface area (Å²) in [6.07, 6.45) is 1.12. The lowest BCUT2D eigenvalue weighted by Gasteiger charge is -2.31. The van der Waals surface area contributed by atoms with Crippen LogP contribution in [0.15, 0.2) is 48.5 Å².